The van der Waals surface area contributed by atoms with Crippen molar-refractivity contribution in [2.75, 3.05) is 5.32 Å². The zero-order chi connectivity index (χ0) is 19.9. The Hall–Kier alpha value is -1.34. The zero-order valence-electron chi connectivity index (χ0n) is 17.6. The SMILES string of the molecule is CCCCCCCCCC(=O)Nc1sc2c(c1C#N)CC[C@H](C(C)(C)C)C2. The molecule has 1 aromatic rings. The molecule has 0 saturated heterocycles. The Morgan fingerprint density at radius 3 is 2.48 bits per heavy atom. The van der Waals surface area contributed by atoms with E-state index in [-0.39, 0.29) is 11.3 Å². The Kier molecular flexibility index (Phi) is 8.35. The quantitative estimate of drug-likeness (QED) is 0.470. The summed E-state index contributed by atoms with van der Waals surface area (Å²) in [7, 11) is 0. The van der Waals surface area contributed by atoms with Gasteiger partial charge in [-0.2, -0.15) is 5.26 Å². The molecular formula is C23H36N2OS. The van der Waals surface area contributed by atoms with Gasteiger partial charge in [0.25, 0.3) is 0 Å². The predicted octanol–water partition coefficient (Wildman–Crippen LogP) is 6.85. The standard InChI is InChI=1S/C23H36N2OS/c1-5-6-7-8-9-10-11-12-21(26)25-22-19(16-24)18-14-13-17(23(2,3)4)15-20(18)27-22/h17H,5-15H2,1-4H3,(H,25,26)/t17-/m0/s1. The fourth-order valence-corrected chi connectivity index (χ4v) is 5.26. The number of anilines is 1. The highest BCUT2D eigenvalue weighted by Gasteiger charge is 2.32. The molecule has 1 aliphatic rings. The third-order valence-electron chi connectivity index (χ3n) is 5.86. The number of nitrogens with zero attached hydrogens (tertiary/aromatic N) is 1. The molecule has 0 fully saturated rings. The summed E-state index contributed by atoms with van der Waals surface area (Å²) in [5.41, 5.74) is 2.19. The van der Waals surface area contributed by atoms with Crippen LogP contribution in [0.2, 0.25) is 0 Å². The Morgan fingerprint density at radius 1 is 1.19 bits per heavy atom. The summed E-state index contributed by atoms with van der Waals surface area (Å²) < 4.78 is 0. The van der Waals surface area contributed by atoms with E-state index in [1.807, 2.05) is 0 Å². The van der Waals surface area contributed by atoms with E-state index >= 15 is 0 Å². The van der Waals surface area contributed by atoms with E-state index in [0.29, 0.717) is 12.3 Å². The maximum Gasteiger partial charge on any atom is 0.225 e. The number of rotatable bonds is 9. The molecule has 2 rings (SSSR count). The van der Waals surface area contributed by atoms with Gasteiger partial charge in [0.15, 0.2) is 0 Å². The van der Waals surface area contributed by atoms with E-state index in [0.717, 1.165) is 42.7 Å². The molecule has 0 aliphatic heterocycles. The minimum atomic E-state index is 0.0611. The lowest BCUT2D eigenvalue weighted by molar-refractivity contribution is -0.116. The van der Waals surface area contributed by atoms with Crippen LogP contribution in [0.5, 0.6) is 0 Å². The molecule has 1 heterocycles. The predicted molar refractivity (Wildman–Crippen MR) is 115 cm³/mol. The molecule has 0 aromatic carbocycles. The normalized spacial score (nSPS) is 16.6. The van der Waals surface area contributed by atoms with Gasteiger partial charge in [0.2, 0.25) is 5.91 Å². The highest BCUT2D eigenvalue weighted by Crippen LogP contribution is 2.44. The van der Waals surface area contributed by atoms with Gasteiger partial charge in [0, 0.05) is 11.3 Å². The Labute approximate surface area is 169 Å². The summed E-state index contributed by atoms with van der Waals surface area (Å²) in [5, 5.41) is 13.4. The monoisotopic (exact) mass is 388 g/mol. The molecule has 1 aliphatic carbocycles. The number of amides is 1. The van der Waals surface area contributed by atoms with E-state index in [9.17, 15) is 10.1 Å². The molecule has 1 amide bonds. The Balaban J connectivity index is 1.87. The van der Waals surface area contributed by atoms with Crippen molar-refractivity contribution in [2.45, 2.75) is 98.3 Å². The van der Waals surface area contributed by atoms with Crippen LogP contribution in [0.1, 0.15) is 101 Å². The Morgan fingerprint density at radius 2 is 1.85 bits per heavy atom. The molecule has 1 N–H and O–H groups in total. The van der Waals surface area contributed by atoms with E-state index in [2.05, 4.69) is 39.1 Å². The number of unbranched alkanes of at least 4 members (excludes halogenated alkanes) is 6. The van der Waals surface area contributed by atoms with Gasteiger partial charge in [-0.15, -0.1) is 11.3 Å². The highest BCUT2D eigenvalue weighted by molar-refractivity contribution is 7.16. The van der Waals surface area contributed by atoms with Crippen LogP contribution in [0.3, 0.4) is 0 Å². The average Bonchev–Trinajstić information content (AvgIpc) is 2.96. The lowest BCUT2D eigenvalue weighted by Crippen LogP contribution is -2.26. The van der Waals surface area contributed by atoms with Crippen molar-refractivity contribution in [1.29, 1.82) is 5.26 Å². The molecule has 0 spiro atoms. The molecule has 0 bridgehead atoms. The maximum atomic E-state index is 12.3. The first-order chi connectivity index (χ1) is 12.9. The van der Waals surface area contributed by atoms with Gasteiger partial charge in [-0.05, 0) is 42.6 Å². The molecular weight excluding hydrogens is 352 g/mol. The van der Waals surface area contributed by atoms with Crippen LogP contribution in [0.15, 0.2) is 0 Å². The number of nitriles is 1. The molecule has 0 saturated carbocycles. The summed E-state index contributed by atoms with van der Waals surface area (Å²) in [6.07, 6.45) is 12.1. The van der Waals surface area contributed by atoms with Gasteiger partial charge in [-0.3, -0.25) is 4.79 Å². The first-order valence-electron chi connectivity index (χ1n) is 10.7. The maximum absolute atomic E-state index is 12.3. The van der Waals surface area contributed by atoms with Crippen LogP contribution in [0.4, 0.5) is 5.00 Å². The number of fused-ring (bicyclic) bond motifs is 1. The van der Waals surface area contributed by atoms with Crippen molar-refractivity contribution in [3.63, 3.8) is 0 Å². The van der Waals surface area contributed by atoms with Crippen LogP contribution in [0.25, 0.3) is 0 Å². The third kappa shape index (κ3) is 6.35. The average molecular weight is 389 g/mol. The van der Waals surface area contributed by atoms with Crippen molar-refractivity contribution >= 4 is 22.2 Å². The van der Waals surface area contributed by atoms with Crippen molar-refractivity contribution < 1.29 is 4.79 Å². The van der Waals surface area contributed by atoms with Crippen LogP contribution in [-0.2, 0) is 17.6 Å². The lowest BCUT2D eigenvalue weighted by Gasteiger charge is -2.33. The van der Waals surface area contributed by atoms with Crippen molar-refractivity contribution in [3.05, 3.63) is 16.0 Å². The second kappa shape index (κ2) is 10.3. The summed E-state index contributed by atoms with van der Waals surface area (Å²) in [5.74, 6) is 0.706. The first-order valence-corrected chi connectivity index (χ1v) is 11.5. The first kappa shape index (κ1) is 22.0. The largest absolute Gasteiger partial charge is 0.317 e. The fourth-order valence-electron chi connectivity index (χ4n) is 3.96. The van der Waals surface area contributed by atoms with E-state index in [4.69, 9.17) is 0 Å². The minimum Gasteiger partial charge on any atom is -0.317 e. The summed E-state index contributed by atoms with van der Waals surface area (Å²) in [6, 6.07) is 2.35. The molecule has 4 heteroatoms. The lowest BCUT2D eigenvalue weighted by atomic mass is 9.72. The van der Waals surface area contributed by atoms with Crippen LogP contribution in [0, 0.1) is 22.7 Å². The number of hydrogen-bond donors (Lipinski definition) is 1. The van der Waals surface area contributed by atoms with E-state index in [1.165, 1.54) is 42.5 Å². The summed E-state index contributed by atoms with van der Waals surface area (Å²) in [4.78, 5) is 13.6. The number of carbonyl (C=O) groups excluding carboxylic acids is 1. The molecule has 0 unspecified atom stereocenters. The third-order valence-corrected chi connectivity index (χ3v) is 7.03. The van der Waals surface area contributed by atoms with Gasteiger partial charge < -0.3 is 5.32 Å². The van der Waals surface area contributed by atoms with Gasteiger partial charge in [-0.1, -0.05) is 66.2 Å². The van der Waals surface area contributed by atoms with Crippen LogP contribution < -0.4 is 5.32 Å². The molecule has 150 valence electrons. The second-order valence-corrected chi connectivity index (χ2v) is 10.2. The Bertz CT molecular complexity index is 663. The topological polar surface area (TPSA) is 52.9 Å². The number of hydrogen-bond acceptors (Lipinski definition) is 3. The van der Waals surface area contributed by atoms with Gasteiger partial charge in [0.1, 0.15) is 11.1 Å². The summed E-state index contributed by atoms with van der Waals surface area (Å²) >= 11 is 1.63. The molecule has 1 atom stereocenters. The minimum absolute atomic E-state index is 0.0611. The molecule has 27 heavy (non-hydrogen) atoms. The summed E-state index contributed by atoms with van der Waals surface area (Å²) in [6.45, 7) is 9.12. The van der Waals surface area contributed by atoms with Crippen molar-refractivity contribution in [2.24, 2.45) is 11.3 Å². The van der Waals surface area contributed by atoms with Crippen LogP contribution in [-0.4, -0.2) is 5.91 Å². The molecule has 0 radical (unpaired) electrons. The van der Waals surface area contributed by atoms with Gasteiger partial charge in [0.05, 0.1) is 5.56 Å². The van der Waals surface area contributed by atoms with Gasteiger partial charge >= 0.3 is 0 Å². The molecule has 1 aromatic heterocycles. The van der Waals surface area contributed by atoms with Gasteiger partial charge in [-0.25, -0.2) is 0 Å². The van der Waals surface area contributed by atoms with E-state index in [1.54, 1.807) is 11.3 Å². The van der Waals surface area contributed by atoms with Crippen molar-refractivity contribution in [3.8, 4) is 6.07 Å². The molecule has 3 nitrogen and oxygen atoms in total. The zero-order valence-corrected chi connectivity index (χ0v) is 18.4. The smallest absolute Gasteiger partial charge is 0.225 e. The van der Waals surface area contributed by atoms with Crippen molar-refractivity contribution in [1.82, 2.24) is 0 Å². The van der Waals surface area contributed by atoms with Crippen LogP contribution >= 0.6 is 11.3 Å². The number of thiophene rings is 1. The highest BCUT2D eigenvalue weighted by atomic mass is 32.1. The second-order valence-electron chi connectivity index (χ2n) is 9.04. The number of nitrogens with one attached hydrogen (secondary N) is 1. The fraction of sp³-hybridized carbons (Fsp3) is 0.739. The van der Waals surface area contributed by atoms with E-state index < -0.39 is 0 Å². The number of carbonyl (C=O) groups is 1.